The summed E-state index contributed by atoms with van der Waals surface area (Å²) in [6, 6.07) is 8.98. The number of rotatable bonds is 8. The van der Waals surface area contributed by atoms with Crippen LogP contribution in [0.3, 0.4) is 0 Å². The number of anilines is 2. The number of carboxylic acids is 1. The number of ether oxygens (including phenoxy) is 2. The first kappa shape index (κ1) is 24.7. The molecule has 3 N–H and O–H groups in total. The third kappa shape index (κ3) is 6.24. The minimum Gasteiger partial charge on any atom is -0.493 e. The molecule has 0 atom stereocenters. The van der Waals surface area contributed by atoms with Crippen molar-refractivity contribution in [2.45, 2.75) is 25.7 Å². The maximum absolute atomic E-state index is 13.2. The fraction of sp³-hybridized carbons (Fsp3) is 0.273. The molecular formula is C22H26N2O7S. The molecule has 0 aliphatic heterocycles. The second-order valence-corrected chi connectivity index (χ2v) is 9.47. The van der Waals surface area contributed by atoms with Crippen LogP contribution in [0.5, 0.6) is 11.5 Å². The van der Waals surface area contributed by atoms with E-state index in [9.17, 15) is 18.0 Å². The lowest BCUT2D eigenvalue weighted by Crippen LogP contribution is -2.27. The monoisotopic (exact) mass is 462 g/mol. The molecule has 0 aromatic heterocycles. The second kappa shape index (κ2) is 9.73. The lowest BCUT2D eigenvalue weighted by Gasteiger charge is -2.18. The van der Waals surface area contributed by atoms with Crippen LogP contribution in [0.25, 0.3) is 6.08 Å². The zero-order chi connectivity index (χ0) is 24.1. The quantitative estimate of drug-likeness (QED) is 0.511. The number of nitrogens with one attached hydrogen (secondary N) is 2. The summed E-state index contributed by atoms with van der Waals surface area (Å²) in [6.45, 7) is 5.29. The Labute approximate surface area is 187 Å². The molecule has 0 aliphatic rings. The van der Waals surface area contributed by atoms with E-state index in [1.54, 1.807) is 32.9 Å². The molecule has 0 bridgehead atoms. The number of amides is 1. The molecule has 0 fully saturated rings. The summed E-state index contributed by atoms with van der Waals surface area (Å²) in [5.74, 6) is -1.32. The Morgan fingerprint density at radius 2 is 1.69 bits per heavy atom. The number of sulfonamides is 1. The summed E-state index contributed by atoms with van der Waals surface area (Å²) < 4.78 is 39.2. The number of carbonyl (C=O) groups is 2. The van der Waals surface area contributed by atoms with Crippen molar-refractivity contribution >= 4 is 39.4 Å². The number of hydrogen-bond donors (Lipinski definition) is 3. The van der Waals surface area contributed by atoms with Crippen LogP contribution in [0.15, 0.2) is 47.4 Å². The zero-order valence-corrected chi connectivity index (χ0v) is 19.2. The molecule has 0 aliphatic carbocycles. The minimum atomic E-state index is -4.17. The molecule has 172 valence electrons. The summed E-state index contributed by atoms with van der Waals surface area (Å²) in [5.41, 5.74) is 0.303. The van der Waals surface area contributed by atoms with Crippen LogP contribution < -0.4 is 19.5 Å². The van der Waals surface area contributed by atoms with E-state index in [2.05, 4.69) is 10.0 Å². The van der Waals surface area contributed by atoms with Gasteiger partial charge in [0.2, 0.25) is 5.91 Å². The van der Waals surface area contributed by atoms with Gasteiger partial charge in [0.05, 0.1) is 19.9 Å². The van der Waals surface area contributed by atoms with Gasteiger partial charge in [0, 0.05) is 17.2 Å². The average Bonchev–Trinajstić information content (AvgIpc) is 2.70. The molecule has 10 heteroatoms. The number of carboxylic acid groups (broad SMARTS) is 1. The summed E-state index contributed by atoms with van der Waals surface area (Å²) in [4.78, 5) is 22.8. The van der Waals surface area contributed by atoms with Crippen LogP contribution in [-0.2, 0) is 19.6 Å². The van der Waals surface area contributed by atoms with Gasteiger partial charge in [-0.3, -0.25) is 9.52 Å². The first-order valence-electron chi connectivity index (χ1n) is 9.48. The highest BCUT2D eigenvalue weighted by Crippen LogP contribution is 2.37. The number of carbonyl (C=O) groups excluding carboxylic acids is 1. The van der Waals surface area contributed by atoms with Gasteiger partial charge < -0.3 is 19.9 Å². The summed E-state index contributed by atoms with van der Waals surface area (Å²) >= 11 is 0. The van der Waals surface area contributed by atoms with Crippen molar-refractivity contribution in [1.29, 1.82) is 0 Å². The Hall–Kier alpha value is -3.53. The number of hydrogen-bond acceptors (Lipinski definition) is 6. The van der Waals surface area contributed by atoms with E-state index in [0.717, 1.165) is 6.08 Å². The van der Waals surface area contributed by atoms with Gasteiger partial charge in [0.1, 0.15) is 4.90 Å². The smallest absolute Gasteiger partial charge is 0.328 e. The van der Waals surface area contributed by atoms with Crippen LogP contribution in [-0.4, -0.2) is 39.6 Å². The molecule has 0 unspecified atom stereocenters. The van der Waals surface area contributed by atoms with Crippen molar-refractivity contribution in [3.8, 4) is 11.5 Å². The predicted octanol–water partition coefficient (Wildman–Crippen LogP) is 3.59. The first-order chi connectivity index (χ1) is 14.9. The van der Waals surface area contributed by atoms with Crippen LogP contribution in [0.2, 0.25) is 0 Å². The summed E-state index contributed by atoms with van der Waals surface area (Å²) in [6.07, 6.45) is 2.12. The standard InChI is InChI=1S/C22H26N2O7S/c1-22(2,3)21(27)23-15-7-6-8-16(13-15)24-32(28,29)18-12-14(9-10-19(25)26)11-17(30-4)20(18)31-5/h6-13,24H,1-5H3,(H,23,27)(H,25,26). The molecule has 2 aromatic rings. The molecule has 0 radical (unpaired) electrons. The van der Waals surface area contributed by atoms with E-state index in [1.807, 2.05) is 0 Å². The van der Waals surface area contributed by atoms with Gasteiger partial charge in [-0.05, 0) is 42.0 Å². The average molecular weight is 463 g/mol. The maximum atomic E-state index is 13.2. The predicted molar refractivity (Wildman–Crippen MR) is 122 cm³/mol. The van der Waals surface area contributed by atoms with Crippen LogP contribution in [0, 0.1) is 5.41 Å². The van der Waals surface area contributed by atoms with E-state index in [-0.39, 0.29) is 33.6 Å². The van der Waals surface area contributed by atoms with E-state index in [1.165, 1.54) is 44.6 Å². The van der Waals surface area contributed by atoms with Crippen LogP contribution >= 0.6 is 0 Å². The Morgan fingerprint density at radius 1 is 1.03 bits per heavy atom. The van der Waals surface area contributed by atoms with Gasteiger partial charge in [0.15, 0.2) is 11.5 Å². The summed E-state index contributed by atoms with van der Waals surface area (Å²) in [7, 11) is -1.53. The molecule has 0 heterocycles. The van der Waals surface area contributed by atoms with Crippen molar-refractivity contribution < 1.29 is 32.6 Å². The molecule has 2 rings (SSSR count). The lowest BCUT2D eigenvalue weighted by atomic mass is 9.95. The topological polar surface area (TPSA) is 131 Å². The molecule has 32 heavy (non-hydrogen) atoms. The minimum absolute atomic E-state index is 0.0373. The van der Waals surface area contributed by atoms with E-state index < -0.39 is 21.4 Å². The highest BCUT2D eigenvalue weighted by atomic mass is 32.2. The lowest BCUT2D eigenvalue weighted by molar-refractivity contribution is -0.131. The number of benzene rings is 2. The van der Waals surface area contributed by atoms with Gasteiger partial charge in [0.25, 0.3) is 10.0 Å². The van der Waals surface area contributed by atoms with Gasteiger partial charge >= 0.3 is 5.97 Å². The zero-order valence-electron chi connectivity index (χ0n) is 18.4. The third-order valence-electron chi connectivity index (χ3n) is 4.23. The van der Waals surface area contributed by atoms with Gasteiger partial charge in [-0.2, -0.15) is 0 Å². The Balaban J connectivity index is 2.45. The first-order valence-corrected chi connectivity index (χ1v) is 11.0. The third-order valence-corrected chi connectivity index (χ3v) is 5.62. The van der Waals surface area contributed by atoms with Crippen LogP contribution in [0.4, 0.5) is 11.4 Å². The highest BCUT2D eigenvalue weighted by molar-refractivity contribution is 7.92. The van der Waals surface area contributed by atoms with Crippen molar-refractivity contribution in [2.24, 2.45) is 5.41 Å². The van der Waals surface area contributed by atoms with Crippen molar-refractivity contribution in [3.05, 3.63) is 48.0 Å². The van der Waals surface area contributed by atoms with Crippen LogP contribution in [0.1, 0.15) is 26.3 Å². The fourth-order valence-electron chi connectivity index (χ4n) is 2.60. The van der Waals surface area contributed by atoms with E-state index in [4.69, 9.17) is 14.6 Å². The molecule has 2 aromatic carbocycles. The molecule has 0 saturated carbocycles. The second-order valence-electron chi connectivity index (χ2n) is 7.82. The van der Waals surface area contributed by atoms with Crippen molar-refractivity contribution in [1.82, 2.24) is 0 Å². The van der Waals surface area contributed by atoms with E-state index >= 15 is 0 Å². The largest absolute Gasteiger partial charge is 0.493 e. The van der Waals surface area contributed by atoms with E-state index in [0.29, 0.717) is 5.69 Å². The summed E-state index contributed by atoms with van der Waals surface area (Å²) in [5, 5.41) is 11.6. The molecule has 1 amide bonds. The molecule has 9 nitrogen and oxygen atoms in total. The molecular weight excluding hydrogens is 436 g/mol. The fourth-order valence-corrected chi connectivity index (χ4v) is 3.87. The highest BCUT2D eigenvalue weighted by Gasteiger charge is 2.25. The van der Waals surface area contributed by atoms with Crippen molar-refractivity contribution in [3.63, 3.8) is 0 Å². The Bertz CT molecular complexity index is 1150. The van der Waals surface area contributed by atoms with Gasteiger partial charge in [-0.15, -0.1) is 0 Å². The number of aliphatic carboxylic acids is 1. The Morgan fingerprint density at radius 3 is 2.25 bits per heavy atom. The van der Waals surface area contributed by atoms with Gasteiger partial charge in [-0.1, -0.05) is 26.8 Å². The maximum Gasteiger partial charge on any atom is 0.328 e. The van der Waals surface area contributed by atoms with Gasteiger partial charge in [-0.25, -0.2) is 13.2 Å². The van der Waals surface area contributed by atoms with Crippen molar-refractivity contribution in [2.75, 3.05) is 24.3 Å². The molecule has 0 spiro atoms. The SMILES string of the molecule is COc1cc(C=CC(=O)O)cc(S(=O)(=O)Nc2cccc(NC(=O)C(C)(C)C)c2)c1OC. The number of methoxy groups -OCH3 is 2. The normalized spacial score (nSPS) is 11.8. The Kier molecular flexibility index (Phi) is 7.52. The molecule has 0 saturated heterocycles.